The summed E-state index contributed by atoms with van der Waals surface area (Å²) in [5.41, 5.74) is 6.66. The summed E-state index contributed by atoms with van der Waals surface area (Å²) in [7, 11) is 0. The molecule has 88 valence electrons. The lowest BCUT2D eigenvalue weighted by atomic mass is 9.95. The molecule has 1 unspecified atom stereocenters. The zero-order valence-electron chi connectivity index (χ0n) is 9.40. The fourth-order valence-corrected chi connectivity index (χ4v) is 2.50. The number of thiocarbonyl (C=S) groups is 1. The summed E-state index contributed by atoms with van der Waals surface area (Å²) < 4.78 is 0. The topological polar surface area (TPSA) is 55.1 Å². The van der Waals surface area contributed by atoms with Crippen molar-refractivity contribution in [1.29, 1.82) is 0 Å². The standard InChI is InChI=1S/C11H16N2OS2/c1-7(2)9(10(12)15)11(14)13-5-8-3-4-16-6-8/h3-4,6-7,9H,5H2,1-2H3,(H2,12,15)(H,13,14). The lowest BCUT2D eigenvalue weighted by molar-refractivity contribution is -0.124. The Bertz CT molecular complexity index is 360. The summed E-state index contributed by atoms with van der Waals surface area (Å²) in [6.45, 7) is 4.41. The van der Waals surface area contributed by atoms with E-state index in [1.54, 1.807) is 11.3 Å². The first kappa shape index (κ1) is 13.1. The van der Waals surface area contributed by atoms with Crippen LogP contribution in [0.5, 0.6) is 0 Å². The first-order valence-electron chi connectivity index (χ1n) is 5.10. The maximum absolute atomic E-state index is 11.8. The van der Waals surface area contributed by atoms with Crippen LogP contribution >= 0.6 is 23.6 Å². The van der Waals surface area contributed by atoms with E-state index in [1.807, 2.05) is 30.7 Å². The molecule has 0 saturated carbocycles. The highest BCUT2D eigenvalue weighted by atomic mass is 32.1. The summed E-state index contributed by atoms with van der Waals surface area (Å²) in [5.74, 6) is -0.345. The third-order valence-corrected chi connectivity index (χ3v) is 3.29. The van der Waals surface area contributed by atoms with Gasteiger partial charge in [-0.25, -0.2) is 0 Å². The zero-order valence-corrected chi connectivity index (χ0v) is 11.0. The molecule has 1 amide bonds. The van der Waals surface area contributed by atoms with E-state index in [0.29, 0.717) is 6.54 Å². The molecule has 3 nitrogen and oxygen atoms in total. The van der Waals surface area contributed by atoms with Crippen molar-refractivity contribution in [3.05, 3.63) is 22.4 Å². The van der Waals surface area contributed by atoms with Gasteiger partial charge >= 0.3 is 0 Å². The van der Waals surface area contributed by atoms with Crippen molar-refractivity contribution >= 4 is 34.5 Å². The van der Waals surface area contributed by atoms with E-state index in [1.165, 1.54) is 0 Å². The summed E-state index contributed by atoms with van der Waals surface area (Å²) in [6, 6.07) is 1.98. The van der Waals surface area contributed by atoms with E-state index in [-0.39, 0.29) is 22.7 Å². The number of amides is 1. The smallest absolute Gasteiger partial charge is 0.230 e. The lowest BCUT2D eigenvalue weighted by Crippen LogP contribution is -2.40. The molecule has 5 heteroatoms. The van der Waals surface area contributed by atoms with Crippen molar-refractivity contribution in [2.24, 2.45) is 17.6 Å². The van der Waals surface area contributed by atoms with Crippen LogP contribution in [0.4, 0.5) is 0 Å². The third kappa shape index (κ3) is 3.57. The van der Waals surface area contributed by atoms with Gasteiger partial charge in [-0.15, -0.1) is 0 Å². The van der Waals surface area contributed by atoms with Gasteiger partial charge in [-0.3, -0.25) is 4.79 Å². The molecule has 0 aliphatic carbocycles. The molecule has 16 heavy (non-hydrogen) atoms. The molecule has 3 N–H and O–H groups in total. The molecular weight excluding hydrogens is 240 g/mol. The molecule has 0 fully saturated rings. The maximum Gasteiger partial charge on any atom is 0.230 e. The minimum atomic E-state index is -0.381. The van der Waals surface area contributed by atoms with E-state index >= 15 is 0 Å². The molecule has 1 rings (SSSR count). The van der Waals surface area contributed by atoms with Crippen LogP contribution in [-0.2, 0) is 11.3 Å². The van der Waals surface area contributed by atoms with Crippen molar-refractivity contribution < 1.29 is 4.79 Å². The highest BCUT2D eigenvalue weighted by Gasteiger charge is 2.24. The molecule has 0 spiro atoms. The first-order chi connectivity index (χ1) is 7.52. The van der Waals surface area contributed by atoms with Gasteiger partial charge in [0.15, 0.2) is 0 Å². The van der Waals surface area contributed by atoms with Gasteiger partial charge in [0.2, 0.25) is 5.91 Å². The number of thiophene rings is 1. The number of rotatable bonds is 5. The molecule has 0 aromatic carbocycles. The predicted molar refractivity (Wildman–Crippen MR) is 71.3 cm³/mol. The summed E-state index contributed by atoms with van der Waals surface area (Å²) in [6.07, 6.45) is 0. The molecule has 1 aromatic heterocycles. The van der Waals surface area contributed by atoms with Gasteiger partial charge in [0.05, 0.1) is 10.9 Å². The van der Waals surface area contributed by atoms with Crippen molar-refractivity contribution in [1.82, 2.24) is 5.32 Å². The Balaban J connectivity index is 2.53. The quantitative estimate of drug-likeness (QED) is 0.791. The van der Waals surface area contributed by atoms with E-state index in [0.717, 1.165) is 5.56 Å². The predicted octanol–water partition coefficient (Wildman–Crippen LogP) is 1.92. The van der Waals surface area contributed by atoms with Crippen molar-refractivity contribution in [3.8, 4) is 0 Å². The summed E-state index contributed by atoms with van der Waals surface area (Å²) in [5, 5.41) is 6.83. The Labute approximate surface area is 105 Å². The molecule has 1 atom stereocenters. The minimum Gasteiger partial charge on any atom is -0.393 e. The Kier molecular flexibility index (Phi) is 4.89. The summed E-state index contributed by atoms with van der Waals surface area (Å²) in [4.78, 5) is 12.1. The van der Waals surface area contributed by atoms with Crippen molar-refractivity contribution in [2.45, 2.75) is 20.4 Å². The van der Waals surface area contributed by atoms with E-state index in [4.69, 9.17) is 18.0 Å². The highest BCUT2D eigenvalue weighted by molar-refractivity contribution is 7.80. The second-order valence-corrected chi connectivity index (χ2v) is 5.22. The normalized spacial score (nSPS) is 12.4. The molecule has 0 radical (unpaired) electrons. The number of nitrogens with two attached hydrogens (primary N) is 1. The van der Waals surface area contributed by atoms with Gasteiger partial charge in [0, 0.05) is 6.54 Å². The van der Waals surface area contributed by atoms with Gasteiger partial charge in [-0.2, -0.15) is 11.3 Å². The molecule has 0 aliphatic rings. The fourth-order valence-electron chi connectivity index (χ4n) is 1.45. The molecule has 1 heterocycles. The van der Waals surface area contributed by atoms with Crippen LogP contribution in [-0.4, -0.2) is 10.9 Å². The Morgan fingerprint density at radius 2 is 2.31 bits per heavy atom. The van der Waals surface area contributed by atoms with Gasteiger partial charge in [-0.05, 0) is 28.3 Å². The van der Waals surface area contributed by atoms with Crippen LogP contribution in [0.1, 0.15) is 19.4 Å². The maximum atomic E-state index is 11.8. The zero-order chi connectivity index (χ0) is 12.1. The molecular formula is C11H16N2OS2. The number of carbonyl (C=O) groups is 1. The number of carbonyl (C=O) groups excluding carboxylic acids is 1. The van der Waals surface area contributed by atoms with Gasteiger partial charge in [0.1, 0.15) is 0 Å². The van der Waals surface area contributed by atoms with E-state index in [2.05, 4.69) is 5.32 Å². The summed E-state index contributed by atoms with van der Waals surface area (Å²) >= 11 is 6.51. The van der Waals surface area contributed by atoms with Gasteiger partial charge in [0.25, 0.3) is 0 Å². The third-order valence-electron chi connectivity index (χ3n) is 2.30. The lowest BCUT2D eigenvalue weighted by Gasteiger charge is -2.18. The van der Waals surface area contributed by atoms with Crippen molar-refractivity contribution in [2.75, 3.05) is 0 Å². The van der Waals surface area contributed by atoms with Crippen LogP contribution < -0.4 is 11.1 Å². The molecule has 1 aromatic rings. The Morgan fingerprint density at radius 3 is 2.75 bits per heavy atom. The van der Waals surface area contributed by atoms with E-state index < -0.39 is 0 Å². The second-order valence-electron chi connectivity index (χ2n) is 3.97. The highest BCUT2D eigenvalue weighted by Crippen LogP contribution is 2.12. The van der Waals surface area contributed by atoms with Crippen LogP contribution in [0.15, 0.2) is 16.8 Å². The average molecular weight is 256 g/mol. The monoisotopic (exact) mass is 256 g/mol. The van der Waals surface area contributed by atoms with Crippen LogP contribution in [0.2, 0.25) is 0 Å². The number of nitrogens with one attached hydrogen (secondary N) is 1. The van der Waals surface area contributed by atoms with Crippen LogP contribution in [0.25, 0.3) is 0 Å². The van der Waals surface area contributed by atoms with Crippen molar-refractivity contribution in [3.63, 3.8) is 0 Å². The Hall–Kier alpha value is -0.940. The Morgan fingerprint density at radius 1 is 1.62 bits per heavy atom. The van der Waals surface area contributed by atoms with E-state index in [9.17, 15) is 4.79 Å². The molecule has 0 aliphatic heterocycles. The number of hydrogen-bond donors (Lipinski definition) is 2. The molecule has 0 saturated heterocycles. The second kappa shape index (κ2) is 5.96. The fraction of sp³-hybridized carbons (Fsp3) is 0.455. The number of hydrogen-bond acceptors (Lipinski definition) is 3. The SMILES string of the molecule is CC(C)C(C(=O)NCc1ccsc1)C(N)=S. The first-order valence-corrected chi connectivity index (χ1v) is 6.45. The molecule has 0 bridgehead atoms. The average Bonchev–Trinajstić information content (AvgIpc) is 2.65. The largest absolute Gasteiger partial charge is 0.393 e. The van der Waals surface area contributed by atoms with Gasteiger partial charge in [-0.1, -0.05) is 26.1 Å². The van der Waals surface area contributed by atoms with Gasteiger partial charge < -0.3 is 11.1 Å². The van der Waals surface area contributed by atoms with Crippen LogP contribution in [0.3, 0.4) is 0 Å². The minimum absolute atomic E-state index is 0.0892. The van der Waals surface area contributed by atoms with Crippen LogP contribution in [0, 0.1) is 11.8 Å².